The van der Waals surface area contributed by atoms with Crippen LogP contribution in [-0.4, -0.2) is 80.6 Å². The van der Waals surface area contributed by atoms with Gasteiger partial charge < -0.3 is 23.8 Å². The molecule has 0 aromatic rings. The number of unbranched alkanes of at least 4 members (excludes halogenated alkanes) is 12. The number of carbonyl (C=O) groups is 3. The number of carboxylic acids is 1. The van der Waals surface area contributed by atoms with Crippen LogP contribution in [0, 0.1) is 0 Å². The van der Waals surface area contributed by atoms with Crippen LogP contribution < -0.4 is 0 Å². The Bertz CT molecular complexity index is 1040. The zero-order valence-electron chi connectivity index (χ0n) is 33.7. The quantitative estimate of drug-likeness (QED) is 0.0228. The fourth-order valence-electron chi connectivity index (χ4n) is 5.44. The van der Waals surface area contributed by atoms with E-state index < -0.39 is 18.1 Å². The number of rotatable bonds is 35. The first kappa shape index (κ1) is 49.0. The summed E-state index contributed by atoms with van der Waals surface area (Å²) in [5, 5.41) is 9.59. The third-order valence-corrected chi connectivity index (χ3v) is 8.67. The molecule has 0 saturated carbocycles. The van der Waals surface area contributed by atoms with E-state index in [4.69, 9.17) is 14.2 Å². The molecule has 0 heterocycles. The van der Waals surface area contributed by atoms with E-state index in [0.717, 1.165) is 51.4 Å². The van der Waals surface area contributed by atoms with Crippen molar-refractivity contribution in [3.63, 3.8) is 0 Å². The summed E-state index contributed by atoms with van der Waals surface area (Å²) >= 11 is 0. The van der Waals surface area contributed by atoms with Gasteiger partial charge in [-0.2, -0.15) is 0 Å². The largest absolute Gasteiger partial charge is 0.477 e. The fraction of sp³-hybridized carbons (Fsp3) is 0.705. The first-order chi connectivity index (χ1) is 25.1. The van der Waals surface area contributed by atoms with Gasteiger partial charge in [0.15, 0.2) is 12.1 Å². The van der Waals surface area contributed by atoms with Crippen molar-refractivity contribution < 1.29 is 38.2 Å². The fourth-order valence-corrected chi connectivity index (χ4v) is 5.44. The molecule has 0 bridgehead atoms. The third-order valence-electron chi connectivity index (χ3n) is 8.67. The van der Waals surface area contributed by atoms with Gasteiger partial charge in [0.25, 0.3) is 0 Å². The SMILES string of the molecule is CCCC/C=C/C=C/CCCCCC(=O)OC(COCCC(C(=O)O)[N+](C)(C)C)COC(=O)CCC/C=C/C/C=C/C/C=C/CCCCCCCC. The van der Waals surface area contributed by atoms with Gasteiger partial charge >= 0.3 is 17.9 Å². The number of quaternary nitrogens is 1. The summed E-state index contributed by atoms with van der Waals surface area (Å²) in [7, 11) is 5.49. The van der Waals surface area contributed by atoms with E-state index in [-0.39, 0.29) is 49.1 Å². The van der Waals surface area contributed by atoms with E-state index in [1.165, 1.54) is 57.8 Å². The Morgan fingerprint density at radius 1 is 0.596 bits per heavy atom. The molecule has 0 aromatic carbocycles. The average molecular weight is 731 g/mol. The lowest BCUT2D eigenvalue weighted by atomic mass is 10.1. The number of allylic oxidation sites excluding steroid dienone is 10. The van der Waals surface area contributed by atoms with Gasteiger partial charge in [0.05, 0.1) is 34.4 Å². The number of likely N-dealkylation sites (N-methyl/N-ethyl adjacent to an activating group) is 1. The number of hydrogen-bond donors (Lipinski definition) is 1. The van der Waals surface area contributed by atoms with E-state index >= 15 is 0 Å². The first-order valence-electron chi connectivity index (χ1n) is 20.3. The van der Waals surface area contributed by atoms with Crippen LogP contribution >= 0.6 is 0 Å². The van der Waals surface area contributed by atoms with Gasteiger partial charge in [0.1, 0.15) is 6.61 Å². The molecule has 8 heteroatoms. The zero-order valence-corrected chi connectivity index (χ0v) is 33.7. The summed E-state index contributed by atoms with van der Waals surface area (Å²) in [6.07, 6.45) is 41.3. The molecule has 0 aliphatic heterocycles. The molecule has 0 rings (SSSR count). The number of ether oxygens (including phenoxy) is 3. The molecule has 298 valence electrons. The highest BCUT2D eigenvalue weighted by molar-refractivity contribution is 5.72. The minimum absolute atomic E-state index is 0.0320. The first-order valence-corrected chi connectivity index (χ1v) is 20.3. The van der Waals surface area contributed by atoms with Crippen LogP contribution in [0.15, 0.2) is 60.8 Å². The molecule has 0 radical (unpaired) electrons. The van der Waals surface area contributed by atoms with Crippen molar-refractivity contribution in [2.45, 2.75) is 161 Å². The predicted octanol–water partition coefficient (Wildman–Crippen LogP) is 10.6. The Labute approximate surface area is 318 Å². The Morgan fingerprint density at radius 2 is 1.12 bits per heavy atom. The molecule has 0 aliphatic carbocycles. The minimum atomic E-state index is -0.889. The lowest BCUT2D eigenvalue weighted by Crippen LogP contribution is -2.50. The van der Waals surface area contributed by atoms with E-state index in [1.54, 1.807) is 0 Å². The van der Waals surface area contributed by atoms with E-state index in [1.807, 2.05) is 21.1 Å². The van der Waals surface area contributed by atoms with Gasteiger partial charge in [-0.25, -0.2) is 4.79 Å². The maximum atomic E-state index is 12.6. The van der Waals surface area contributed by atoms with Crippen molar-refractivity contribution in [1.82, 2.24) is 0 Å². The van der Waals surface area contributed by atoms with Crippen molar-refractivity contribution >= 4 is 17.9 Å². The lowest BCUT2D eigenvalue weighted by molar-refractivity contribution is -0.887. The third kappa shape index (κ3) is 32.9. The van der Waals surface area contributed by atoms with Gasteiger partial charge in [-0.05, 0) is 64.2 Å². The molecule has 2 atom stereocenters. The summed E-state index contributed by atoms with van der Waals surface area (Å²) in [4.78, 5) is 36.8. The predicted molar refractivity (Wildman–Crippen MR) is 215 cm³/mol. The molecule has 8 nitrogen and oxygen atoms in total. The van der Waals surface area contributed by atoms with E-state index in [0.29, 0.717) is 12.8 Å². The second kappa shape index (κ2) is 35.1. The van der Waals surface area contributed by atoms with Crippen LogP contribution in [0.5, 0.6) is 0 Å². The second-order valence-electron chi connectivity index (χ2n) is 14.6. The molecular formula is C44H76NO7+. The Kier molecular flexibility index (Phi) is 33.1. The van der Waals surface area contributed by atoms with Gasteiger partial charge in [-0.15, -0.1) is 0 Å². The highest BCUT2D eigenvalue weighted by atomic mass is 16.6. The molecule has 0 aliphatic rings. The maximum Gasteiger partial charge on any atom is 0.362 e. The van der Waals surface area contributed by atoms with Crippen molar-refractivity contribution in [2.24, 2.45) is 0 Å². The minimum Gasteiger partial charge on any atom is -0.477 e. The number of aliphatic carboxylic acids is 1. The number of carboxylic acid groups (broad SMARTS) is 1. The van der Waals surface area contributed by atoms with E-state index in [2.05, 4.69) is 74.6 Å². The van der Waals surface area contributed by atoms with E-state index in [9.17, 15) is 19.5 Å². The summed E-state index contributed by atoms with van der Waals surface area (Å²) in [6, 6.07) is -0.627. The Morgan fingerprint density at radius 3 is 1.73 bits per heavy atom. The number of carbonyl (C=O) groups excluding carboxylic acids is 2. The van der Waals surface area contributed by atoms with Crippen LogP contribution in [0.3, 0.4) is 0 Å². The molecule has 2 unspecified atom stereocenters. The van der Waals surface area contributed by atoms with Crippen molar-refractivity contribution in [3.8, 4) is 0 Å². The van der Waals surface area contributed by atoms with Gasteiger partial charge in [-0.1, -0.05) is 126 Å². The van der Waals surface area contributed by atoms with Crippen LogP contribution in [0.4, 0.5) is 0 Å². The van der Waals surface area contributed by atoms with Crippen molar-refractivity contribution in [3.05, 3.63) is 60.8 Å². The van der Waals surface area contributed by atoms with Gasteiger partial charge in [-0.3, -0.25) is 9.59 Å². The molecule has 0 fully saturated rings. The van der Waals surface area contributed by atoms with Crippen LogP contribution in [0.25, 0.3) is 0 Å². The second-order valence-corrected chi connectivity index (χ2v) is 14.6. The molecule has 0 saturated heterocycles. The number of esters is 2. The zero-order chi connectivity index (χ0) is 38.5. The number of hydrogen-bond acceptors (Lipinski definition) is 6. The highest BCUT2D eigenvalue weighted by Crippen LogP contribution is 2.11. The number of nitrogens with zero attached hydrogens (tertiary/aromatic N) is 1. The molecular weight excluding hydrogens is 654 g/mol. The van der Waals surface area contributed by atoms with Gasteiger partial charge in [0.2, 0.25) is 0 Å². The summed E-state index contributed by atoms with van der Waals surface area (Å²) in [5.41, 5.74) is 0. The lowest BCUT2D eigenvalue weighted by Gasteiger charge is -2.31. The van der Waals surface area contributed by atoms with Crippen LogP contribution in [0.2, 0.25) is 0 Å². The smallest absolute Gasteiger partial charge is 0.362 e. The van der Waals surface area contributed by atoms with Crippen molar-refractivity contribution in [1.29, 1.82) is 0 Å². The summed E-state index contributed by atoms with van der Waals surface area (Å²) in [6.45, 7) is 4.57. The standard InChI is InChI=1S/C44H75NO7/c1-6-8-10-12-14-16-18-19-20-21-22-23-25-26-28-30-32-34-42(46)51-39-40(38-50-37-36-41(44(48)49)45(3,4)5)52-43(47)35-33-31-29-27-24-17-15-13-11-9-7-2/h13,15,17,19-20,22-24,26,28,40-41H,6-12,14,16,18,21,25,27,29-39H2,1-5H3/p+1/b15-13+,20-19+,23-22+,24-17+,28-26+. The topological polar surface area (TPSA) is 99.1 Å². The average Bonchev–Trinajstić information content (AvgIpc) is 3.09. The molecule has 0 aromatic heterocycles. The summed E-state index contributed by atoms with van der Waals surface area (Å²) in [5.74, 6) is -1.58. The van der Waals surface area contributed by atoms with Gasteiger partial charge in [0, 0.05) is 19.3 Å². The highest BCUT2D eigenvalue weighted by Gasteiger charge is 2.31. The monoisotopic (exact) mass is 731 g/mol. The molecule has 0 spiro atoms. The molecule has 52 heavy (non-hydrogen) atoms. The van der Waals surface area contributed by atoms with Crippen LogP contribution in [-0.2, 0) is 28.6 Å². The normalized spacial score (nSPS) is 13.6. The molecule has 0 amide bonds. The Hall–Kier alpha value is -2.97. The maximum absolute atomic E-state index is 12.6. The Balaban J connectivity index is 4.50. The van der Waals surface area contributed by atoms with Crippen molar-refractivity contribution in [2.75, 3.05) is 41.0 Å². The summed E-state index contributed by atoms with van der Waals surface area (Å²) < 4.78 is 17.1. The van der Waals surface area contributed by atoms with Crippen LogP contribution in [0.1, 0.15) is 149 Å². The molecule has 1 N–H and O–H groups in total.